The summed E-state index contributed by atoms with van der Waals surface area (Å²) in [5.74, 6) is 1.64. The normalized spacial score (nSPS) is 14.2. The minimum atomic E-state index is 0.805. The first-order valence-electron chi connectivity index (χ1n) is 8.35. The Bertz CT molecular complexity index is 883. The summed E-state index contributed by atoms with van der Waals surface area (Å²) in [5.41, 5.74) is 4.96. The molecule has 3 aromatic rings. The predicted octanol–water partition coefficient (Wildman–Crippen LogP) is 3.47. The van der Waals surface area contributed by atoms with Crippen LogP contribution in [0.25, 0.3) is 22.0 Å². The SMILES string of the molecule is COc1ccc(-c2ccc3cc4n(c3c2)CCNCC4)c(OC)c1. The standard InChI is InChI=1S/C20H22N2O2/c1-23-17-5-6-18(20(13-17)24-2)14-3-4-15-11-16-7-8-21-9-10-22(16)19(15)12-14/h3-6,11-13,21H,7-10H2,1-2H3. The molecule has 124 valence electrons. The van der Waals surface area contributed by atoms with Gasteiger partial charge in [-0.2, -0.15) is 0 Å². The van der Waals surface area contributed by atoms with E-state index < -0.39 is 0 Å². The van der Waals surface area contributed by atoms with Crippen molar-refractivity contribution >= 4 is 10.9 Å². The fourth-order valence-electron chi connectivity index (χ4n) is 3.52. The number of hydrogen-bond donors (Lipinski definition) is 1. The number of aromatic nitrogens is 1. The van der Waals surface area contributed by atoms with E-state index in [9.17, 15) is 0 Å². The average Bonchev–Trinajstić information content (AvgIpc) is 2.81. The third-order valence-corrected chi connectivity index (χ3v) is 4.78. The summed E-state index contributed by atoms with van der Waals surface area (Å²) in [4.78, 5) is 0. The van der Waals surface area contributed by atoms with Crippen LogP contribution in [0.1, 0.15) is 5.69 Å². The van der Waals surface area contributed by atoms with E-state index in [1.807, 2.05) is 12.1 Å². The molecule has 0 fully saturated rings. The zero-order valence-electron chi connectivity index (χ0n) is 14.1. The van der Waals surface area contributed by atoms with E-state index in [-0.39, 0.29) is 0 Å². The van der Waals surface area contributed by atoms with Crippen LogP contribution in [-0.4, -0.2) is 31.9 Å². The molecule has 4 heteroatoms. The minimum Gasteiger partial charge on any atom is -0.497 e. The maximum Gasteiger partial charge on any atom is 0.130 e. The van der Waals surface area contributed by atoms with Gasteiger partial charge in [0, 0.05) is 48.9 Å². The lowest BCUT2D eigenvalue weighted by Crippen LogP contribution is -2.17. The zero-order chi connectivity index (χ0) is 16.5. The van der Waals surface area contributed by atoms with Crippen molar-refractivity contribution in [1.29, 1.82) is 0 Å². The van der Waals surface area contributed by atoms with E-state index in [1.54, 1.807) is 14.2 Å². The lowest BCUT2D eigenvalue weighted by molar-refractivity contribution is 0.395. The number of fused-ring (bicyclic) bond motifs is 3. The van der Waals surface area contributed by atoms with Crippen LogP contribution in [0.3, 0.4) is 0 Å². The Morgan fingerprint density at radius 2 is 1.88 bits per heavy atom. The maximum absolute atomic E-state index is 5.57. The van der Waals surface area contributed by atoms with Gasteiger partial charge in [0.25, 0.3) is 0 Å². The first kappa shape index (κ1) is 15.1. The van der Waals surface area contributed by atoms with Gasteiger partial charge in [-0.25, -0.2) is 0 Å². The number of nitrogens with one attached hydrogen (secondary N) is 1. The van der Waals surface area contributed by atoms with Crippen molar-refractivity contribution in [2.24, 2.45) is 0 Å². The van der Waals surface area contributed by atoms with Gasteiger partial charge in [-0.05, 0) is 35.2 Å². The van der Waals surface area contributed by atoms with Gasteiger partial charge in [0.15, 0.2) is 0 Å². The Balaban J connectivity index is 1.84. The molecule has 0 bridgehead atoms. The maximum atomic E-state index is 5.57. The molecule has 0 saturated heterocycles. The van der Waals surface area contributed by atoms with E-state index in [0.717, 1.165) is 43.1 Å². The molecule has 0 amide bonds. The molecule has 4 rings (SSSR count). The molecule has 0 unspecified atom stereocenters. The fourth-order valence-corrected chi connectivity index (χ4v) is 3.52. The average molecular weight is 322 g/mol. The Morgan fingerprint density at radius 1 is 0.958 bits per heavy atom. The third kappa shape index (κ3) is 2.53. The molecule has 2 heterocycles. The van der Waals surface area contributed by atoms with Crippen molar-refractivity contribution in [2.75, 3.05) is 27.3 Å². The summed E-state index contributed by atoms with van der Waals surface area (Å²) in [6, 6.07) is 14.9. The van der Waals surface area contributed by atoms with Crippen LogP contribution in [0.5, 0.6) is 11.5 Å². The highest BCUT2D eigenvalue weighted by Crippen LogP contribution is 2.35. The molecule has 0 radical (unpaired) electrons. The molecule has 1 N–H and O–H groups in total. The molecule has 1 aliphatic rings. The second-order valence-corrected chi connectivity index (χ2v) is 6.13. The number of benzene rings is 2. The summed E-state index contributed by atoms with van der Waals surface area (Å²) in [5, 5.41) is 4.78. The van der Waals surface area contributed by atoms with E-state index in [4.69, 9.17) is 9.47 Å². The largest absolute Gasteiger partial charge is 0.497 e. The highest BCUT2D eigenvalue weighted by molar-refractivity contribution is 5.87. The molecule has 4 nitrogen and oxygen atoms in total. The van der Waals surface area contributed by atoms with E-state index in [2.05, 4.69) is 40.2 Å². The number of rotatable bonds is 3. The molecule has 0 atom stereocenters. The highest BCUT2D eigenvalue weighted by atomic mass is 16.5. The van der Waals surface area contributed by atoms with E-state index >= 15 is 0 Å². The predicted molar refractivity (Wildman–Crippen MR) is 97.1 cm³/mol. The smallest absolute Gasteiger partial charge is 0.130 e. The summed E-state index contributed by atoms with van der Waals surface area (Å²) < 4.78 is 13.3. The molecule has 1 aromatic heterocycles. The number of hydrogen-bond acceptors (Lipinski definition) is 3. The number of nitrogens with zero attached hydrogens (tertiary/aromatic N) is 1. The van der Waals surface area contributed by atoms with Crippen molar-refractivity contribution in [1.82, 2.24) is 9.88 Å². The molecule has 0 saturated carbocycles. The molecule has 24 heavy (non-hydrogen) atoms. The van der Waals surface area contributed by atoms with Crippen molar-refractivity contribution in [3.63, 3.8) is 0 Å². The summed E-state index contributed by atoms with van der Waals surface area (Å²) in [7, 11) is 3.37. The second kappa shape index (κ2) is 6.21. The van der Waals surface area contributed by atoms with Gasteiger partial charge in [0.1, 0.15) is 11.5 Å². The van der Waals surface area contributed by atoms with Gasteiger partial charge in [0.2, 0.25) is 0 Å². The lowest BCUT2D eigenvalue weighted by Gasteiger charge is -2.12. The van der Waals surface area contributed by atoms with Gasteiger partial charge in [0.05, 0.1) is 14.2 Å². The fraction of sp³-hybridized carbons (Fsp3) is 0.300. The first-order chi connectivity index (χ1) is 11.8. The van der Waals surface area contributed by atoms with Crippen molar-refractivity contribution in [2.45, 2.75) is 13.0 Å². The van der Waals surface area contributed by atoms with Crippen LogP contribution in [0.15, 0.2) is 42.5 Å². The molecule has 2 aromatic carbocycles. The lowest BCUT2D eigenvalue weighted by atomic mass is 10.0. The second-order valence-electron chi connectivity index (χ2n) is 6.13. The van der Waals surface area contributed by atoms with Crippen LogP contribution in [0.4, 0.5) is 0 Å². The van der Waals surface area contributed by atoms with Gasteiger partial charge in [-0.1, -0.05) is 12.1 Å². The quantitative estimate of drug-likeness (QED) is 0.802. The van der Waals surface area contributed by atoms with Gasteiger partial charge < -0.3 is 19.4 Å². The molecule has 0 aliphatic carbocycles. The zero-order valence-corrected chi connectivity index (χ0v) is 14.1. The van der Waals surface area contributed by atoms with Gasteiger partial charge in [-0.3, -0.25) is 0 Å². The number of methoxy groups -OCH3 is 2. The Labute approximate surface area is 142 Å². The van der Waals surface area contributed by atoms with Crippen LogP contribution >= 0.6 is 0 Å². The van der Waals surface area contributed by atoms with Crippen molar-refractivity contribution in [3.8, 4) is 22.6 Å². The Morgan fingerprint density at radius 3 is 2.71 bits per heavy atom. The van der Waals surface area contributed by atoms with Crippen LogP contribution < -0.4 is 14.8 Å². The highest BCUT2D eigenvalue weighted by Gasteiger charge is 2.14. The molecular weight excluding hydrogens is 300 g/mol. The van der Waals surface area contributed by atoms with Crippen LogP contribution in [0, 0.1) is 0 Å². The monoisotopic (exact) mass is 322 g/mol. The van der Waals surface area contributed by atoms with Crippen molar-refractivity contribution in [3.05, 3.63) is 48.2 Å². The summed E-state index contributed by atoms with van der Waals surface area (Å²) in [6.07, 6.45) is 1.08. The Kier molecular flexibility index (Phi) is 3.90. The molecular formula is C20H22N2O2. The minimum absolute atomic E-state index is 0.805. The van der Waals surface area contributed by atoms with E-state index in [1.165, 1.54) is 22.2 Å². The topological polar surface area (TPSA) is 35.4 Å². The van der Waals surface area contributed by atoms with E-state index in [0.29, 0.717) is 0 Å². The number of ether oxygens (including phenoxy) is 2. The van der Waals surface area contributed by atoms with Gasteiger partial charge in [-0.15, -0.1) is 0 Å². The summed E-state index contributed by atoms with van der Waals surface area (Å²) >= 11 is 0. The molecule has 1 aliphatic heterocycles. The first-order valence-corrected chi connectivity index (χ1v) is 8.35. The summed E-state index contributed by atoms with van der Waals surface area (Å²) in [6.45, 7) is 3.09. The van der Waals surface area contributed by atoms with Crippen molar-refractivity contribution < 1.29 is 9.47 Å². The van der Waals surface area contributed by atoms with Crippen LogP contribution in [0.2, 0.25) is 0 Å². The van der Waals surface area contributed by atoms with Gasteiger partial charge >= 0.3 is 0 Å². The Hall–Kier alpha value is -2.46. The third-order valence-electron chi connectivity index (χ3n) is 4.78. The van der Waals surface area contributed by atoms with Crippen LogP contribution in [-0.2, 0) is 13.0 Å². The molecule has 0 spiro atoms.